The van der Waals surface area contributed by atoms with E-state index in [0.717, 1.165) is 0 Å². The van der Waals surface area contributed by atoms with Gasteiger partial charge in [0.1, 0.15) is 0 Å². The fraction of sp³-hybridized carbons (Fsp3) is 1.00. The Balaban J connectivity index is 2.55. The molecule has 0 spiro atoms. The highest BCUT2D eigenvalue weighted by Crippen LogP contribution is 2.31. The van der Waals surface area contributed by atoms with Gasteiger partial charge in [0, 0.05) is 12.6 Å². The minimum absolute atomic E-state index is 0.287. The number of rotatable bonds is 0. The van der Waals surface area contributed by atoms with Gasteiger partial charge in [0.25, 0.3) is 0 Å². The average molecular weight is 169 g/mol. The van der Waals surface area contributed by atoms with Gasteiger partial charge in [-0.1, -0.05) is 0 Å². The van der Waals surface area contributed by atoms with Crippen LogP contribution in [0.3, 0.4) is 0 Å². The third kappa shape index (κ3) is 2.07. The quantitative estimate of drug-likeness (QED) is 0.585. The van der Waals surface area contributed by atoms with E-state index >= 15 is 0 Å². The van der Waals surface area contributed by atoms with E-state index in [2.05, 4.69) is 4.74 Å². The molecule has 0 unspecified atom stereocenters. The SMILES string of the molecule is N[C@H]1CCOC[C@H]1C(F)(F)F. The molecule has 1 saturated heterocycles. The predicted molar refractivity (Wildman–Crippen MR) is 33.0 cm³/mol. The summed E-state index contributed by atoms with van der Waals surface area (Å²) in [5.74, 6) is -1.48. The second kappa shape index (κ2) is 2.98. The molecule has 2 atom stereocenters. The fourth-order valence-corrected chi connectivity index (χ4v) is 1.09. The van der Waals surface area contributed by atoms with Crippen molar-refractivity contribution in [1.82, 2.24) is 0 Å². The molecule has 66 valence electrons. The topological polar surface area (TPSA) is 35.2 Å². The van der Waals surface area contributed by atoms with Gasteiger partial charge in [0.05, 0.1) is 12.5 Å². The highest BCUT2D eigenvalue weighted by molar-refractivity contribution is 4.81. The van der Waals surface area contributed by atoms with Crippen LogP contribution in [0.4, 0.5) is 13.2 Å². The van der Waals surface area contributed by atoms with Crippen LogP contribution in [0.15, 0.2) is 0 Å². The molecule has 0 aliphatic carbocycles. The lowest BCUT2D eigenvalue weighted by atomic mass is 9.96. The molecule has 1 rings (SSSR count). The zero-order valence-electron chi connectivity index (χ0n) is 5.90. The van der Waals surface area contributed by atoms with Crippen LogP contribution in [-0.2, 0) is 4.74 Å². The first-order valence-corrected chi connectivity index (χ1v) is 3.42. The molecule has 11 heavy (non-hydrogen) atoms. The van der Waals surface area contributed by atoms with Crippen molar-refractivity contribution in [3.05, 3.63) is 0 Å². The van der Waals surface area contributed by atoms with E-state index in [-0.39, 0.29) is 6.61 Å². The van der Waals surface area contributed by atoms with Crippen LogP contribution in [-0.4, -0.2) is 25.4 Å². The summed E-state index contributed by atoms with van der Waals surface area (Å²) in [5.41, 5.74) is 5.27. The summed E-state index contributed by atoms with van der Waals surface area (Å²) < 4.78 is 40.8. The fourth-order valence-electron chi connectivity index (χ4n) is 1.09. The molecule has 0 bridgehead atoms. The van der Waals surface area contributed by atoms with Gasteiger partial charge in [-0.2, -0.15) is 13.2 Å². The molecule has 0 aromatic heterocycles. The average Bonchev–Trinajstić information content (AvgIpc) is 1.86. The summed E-state index contributed by atoms with van der Waals surface area (Å²) in [7, 11) is 0. The van der Waals surface area contributed by atoms with Gasteiger partial charge < -0.3 is 10.5 Å². The molecule has 1 heterocycles. The summed E-state index contributed by atoms with van der Waals surface area (Å²) in [6.45, 7) is 0.0540. The molecule has 1 aliphatic heterocycles. The number of halogens is 3. The molecule has 1 fully saturated rings. The second-order valence-corrected chi connectivity index (χ2v) is 2.68. The minimum Gasteiger partial charge on any atom is -0.381 e. The zero-order chi connectivity index (χ0) is 8.48. The lowest BCUT2D eigenvalue weighted by Crippen LogP contribution is -2.46. The van der Waals surface area contributed by atoms with E-state index in [4.69, 9.17) is 5.73 Å². The van der Waals surface area contributed by atoms with Crippen LogP contribution in [0.5, 0.6) is 0 Å². The first-order chi connectivity index (χ1) is 5.02. The molecule has 5 heteroatoms. The standard InChI is InChI=1S/C6H10F3NO/c7-6(8,9)4-3-11-2-1-5(4)10/h4-5H,1-3,10H2/t4-,5+/m1/s1. The Morgan fingerprint density at radius 3 is 2.36 bits per heavy atom. The van der Waals surface area contributed by atoms with Crippen molar-refractivity contribution in [3.63, 3.8) is 0 Å². The van der Waals surface area contributed by atoms with Gasteiger partial charge in [0.15, 0.2) is 0 Å². The van der Waals surface area contributed by atoms with Crippen molar-refractivity contribution < 1.29 is 17.9 Å². The number of ether oxygens (including phenoxy) is 1. The maximum atomic E-state index is 12.0. The molecule has 0 aromatic rings. The maximum absolute atomic E-state index is 12.0. The summed E-state index contributed by atoms with van der Waals surface area (Å²) in [6.07, 6.45) is -3.91. The maximum Gasteiger partial charge on any atom is 0.395 e. The largest absolute Gasteiger partial charge is 0.395 e. The summed E-state index contributed by atoms with van der Waals surface area (Å²) >= 11 is 0. The zero-order valence-corrected chi connectivity index (χ0v) is 5.90. The van der Waals surface area contributed by atoms with Crippen LogP contribution in [0.2, 0.25) is 0 Å². The Morgan fingerprint density at radius 2 is 2.00 bits per heavy atom. The van der Waals surface area contributed by atoms with Crippen LogP contribution < -0.4 is 5.73 Å². The number of hydrogen-bond acceptors (Lipinski definition) is 2. The highest BCUT2D eigenvalue weighted by Gasteiger charge is 2.44. The van der Waals surface area contributed by atoms with Gasteiger partial charge in [0.2, 0.25) is 0 Å². The van der Waals surface area contributed by atoms with Crippen molar-refractivity contribution in [2.24, 2.45) is 11.7 Å². The smallest absolute Gasteiger partial charge is 0.381 e. The van der Waals surface area contributed by atoms with E-state index < -0.39 is 18.1 Å². The van der Waals surface area contributed by atoms with E-state index in [1.807, 2.05) is 0 Å². The van der Waals surface area contributed by atoms with Gasteiger partial charge >= 0.3 is 6.18 Å². The van der Waals surface area contributed by atoms with Crippen molar-refractivity contribution in [1.29, 1.82) is 0 Å². The van der Waals surface area contributed by atoms with Gasteiger partial charge in [-0.05, 0) is 6.42 Å². The van der Waals surface area contributed by atoms with Crippen LogP contribution in [0, 0.1) is 5.92 Å². The Kier molecular flexibility index (Phi) is 2.39. The first-order valence-electron chi connectivity index (χ1n) is 3.42. The number of alkyl halides is 3. The van der Waals surface area contributed by atoms with E-state index in [9.17, 15) is 13.2 Å². The van der Waals surface area contributed by atoms with Crippen molar-refractivity contribution in [2.75, 3.05) is 13.2 Å². The Morgan fingerprint density at radius 1 is 1.36 bits per heavy atom. The summed E-state index contributed by atoms with van der Waals surface area (Å²) in [6, 6.07) is -0.788. The lowest BCUT2D eigenvalue weighted by molar-refractivity contribution is -0.204. The first kappa shape index (κ1) is 8.80. The molecular weight excluding hydrogens is 159 g/mol. The van der Waals surface area contributed by atoms with Gasteiger partial charge in [-0.3, -0.25) is 0 Å². The molecule has 0 aromatic carbocycles. The summed E-state index contributed by atoms with van der Waals surface area (Å²) in [5, 5.41) is 0. The van der Waals surface area contributed by atoms with Gasteiger partial charge in [-0.15, -0.1) is 0 Å². The molecule has 0 saturated carbocycles. The predicted octanol–water partition coefficient (Wildman–Crippen LogP) is 0.912. The Hall–Kier alpha value is -0.290. The second-order valence-electron chi connectivity index (χ2n) is 2.68. The molecule has 1 aliphatic rings. The Bertz CT molecular complexity index is 136. The van der Waals surface area contributed by atoms with Crippen molar-refractivity contribution >= 4 is 0 Å². The normalized spacial score (nSPS) is 33.8. The molecule has 0 radical (unpaired) electrons. The molecule has 0 amide bonds. The Labute approximate surface area is 62.5 Å². The van der Waals surface area contributed by atoms with E-state index in [1.165, 1.54) is 0 Å². The van der Waals surface area contributed by atoms with Crippen molar-refractivity contribution in [3.8, 4) is 0 Å². The van der Waals surface area contributed by atoms with Crippen LogP contribution >= 0.6 is 0 Å². The van der Waals surface area contributed by atoms with Gasteiger partial charge in [-0.25, -0.2) is 0 Å². The molecule has 2 N–H and O–H groups in total. The minimum atomic E-state index is -4.21. The third-order valence-corrected chi connectivity index (χ3v) is 1.83. The van der Waals surface area contributed by atoms with E-state index in [1.54, 1.807) is 0 Å². The molecular formula is C6H10F3NO. The van der Waals surface area contributed by atoms with Crippen LogP contribution in [0.1, 0.15) is 6.42 Å². The number of nitrogens with two attached hydrogens (primary N) is 1. The van der Waals surface area contributed by atoms with E-state index in [0.29, 0.717) is 13.0 Å². The highest BCUT2D eigenvalue weighted by atomic mass is 19.4. The lowest BCUT2D eigenvalue weighted by Gasteiger charge is -2.29. The summed E-state index contributed by atoms with van der Waals surface area (Å²) in [4.78, 5) is 0. The number of hydrogen-bond donors (Lipinski definition) is 1. The molecule has 2 nitrogen and oxygen atoms in total. The monoisotopic (exact) mass is 169 g/mol. The van der Waals surface area contributed by atoms with Crippen LogP contribution in [0.25, 0.3) is 0 Å². The van der Waals surface area contributed by atoms with Crippen molar-refractivity contribution in [2.45, 2.75) is 18.6 Å². The third-order valence-electron chi connectivity index (χ3n) is 1.83.